The maximum atomic E-state index is 5.95. The molecule has 3 rings (SSSR count). The van der Waals surface area contributed by atoms with E-state index in [0.717, 1.165) is 16.8 Å². The molecule has 6 heteroatoms. The average molecular weight is 260 g/mol. The van der Waals surface area contributed by atoms with Gasteiger partial charge in [0.25, 0.3) is 0 Å². The number of aromatic amines is 1. The number of nitrogens with zero attached hydrogens (tertiary/aromatic N) is 3. The number of fused-ring (bicyclic) bond motifs is 1. The Morgan fingerprint density at radius 1 is 1.28 bits per heavy atom. The molecule has 0 aliphatic heterocycles. The van der Waals surface area contributed by atoms with Gasteiger partial charge in [-0.1, -0.05) is 17.7 Å². The zero-order valence-corrected chi connectivity index (χ0v) is 10.4. The normalized spacial score (nSPS) is 10.8. The molecule has 5 nitrogen and oxygen atoms in total. The van der Waals surface area contributed by atoms with E-state index < -0.39 is 0 Å². The van der Waals surface area contributed by atoms with Crippen molar-refractivity contribution in [1.82, 2.24) is 20.2 Å². The van der Waals surface area contributed by atoms with E-state index in [0.29, 0.717) is 16.5 Å². The van der Waals surface area contributed by atoms with Gasteiger partial charge in [-0.15, -0.1) is 0 Å². The fraction of sp³-hybridized carbons (Fsp3) is 0.0833. The Labute approximate surface area is 108 Å². The molecule has 2 heterocycles. The number of halogens is 1. The number of nitrogens with one attached hydrogen (secondary N) is 2. The van der Waals surface area contributed by atoms with E-state index in [1.54, 1.807) is 0 Å². The van der Waals surface area contributed by atoms with Crippen LogP contribution in [0.25, 0.3) is 11.0 Å². The molecule has 0 aliphatic rings. The van der Waals surface area contributed by atoms with Gasteiger partial charge in [-0.05, 0) is 25.1 Å². The Kier molecular flexibility index (Phi) is 2.60. The van der Waals surface area contributed by atoms with Crippen molar-refractivity contribution in [3.8, 4) is 0 Å². The highest BCUT2D eigenvalue weighted by Gasteiger charge is 2.09. The molecule has 0 radical (unpaired) electrons. The maximum Gasteiger partial charge on any atom is 0.186 e. The number of anilines is 2. The summed E-state index contributed by atoms with van der Waals surface area (Å²) in [5.41, 5.74) is 2.45. The topological polar surface area (TPSA) is 66.5 Å². The van der Waals surface area contributed by atoms with Gasteiger partial charge in [0.1, 0.15) is 12.1 Å². The van der Waals surface area contributed by atoms with Crippen molar-refractivity contribution in [2.45, 2.75) is 6.92 Å². The molecule has 0 fully saturated rings. The maximum absolute atomic E-state index is 5.95. The molecule has 90 valence electrons. The second-order valence-electron chi connectivity index (χ2n) is 3.90. The van der Waals surface area contributed by atoms with Crippen molar-refractivity contribution in [3.05, 3.63) is 41.3 Å². The SMILES string of the molecule is Cc1[nH]nc2ncnc(Nc3cccc(Cl)c3)c12. The zero-order chi connectivity index (χ0) is 12.5. The Morgan fingerprint density at radius 3 is 3.00 bits per heavy atom. The molecule has 0 atom stereocenters. The van der Waals surface area contributed by atoms with Crippen LogP contribution in [0, 0.1) is 6.92 Å². The van der Waals surface area contributed by atoms with Crippen LogP contribution in [-0.2, 0) is 0 Å². The number of aryl methyl sites for hydroxylation is 1. The van der Waals surface area contributed by atoms with Crippen molar-refractivity contribution < 1.29 is 0 Å². The second kappa shape index (κ2) is 4.27. The first-order valence-corrected chi connectivity index (χ1v) is 5.80. The number of rotatable bonds is 2. The van der Waals surface area contributed by atoms with Gasteiger partial charge in [-0.3, -0.25) is 5.10 Å². The summed E-state index contributed by atoms with van der Waals surface area (Å²) in [7, 11) is 0. The third-order valence-electron chi connectivity index (χ3n) is 2.62. The third kappa shape index (κ3) is 1.89. The Hall–Kier alpha value is -2.14. The van der Waals surface area contributed by atoms with Crippen LogP contribution in [0.15, 0.2) is 30.6 Å². The largest absolute Gasteiger partial charge is 0.339 e. The smallest absolute Gasteiger partial charge is 0.186 e. The highest BCUT2D eigenvalue weighted by Crippen LogP contribution is 2.25. The minimum Gasteiger partial charge on any atom is -0.339 e. The van der Waals surface area contributed by atoms with E-state index in [1.807, 2.05) is 31.2 Å². The van der Waals surface area contributed by atoms with E-state index in [9.17, 15) is 0 Å². The van der Waals surface area contributed by atoms with Crippen LogP contribution in [0.5, 0.6) is 0 Å². The van der Waals surface area contributed by atoms with E-state index in [-0.39, 0.29) is 0 Å². The van der Waals surface area contributed by atoms with E-state index in [4.69, 9.17) is 11.6 Å². The van der Waals surface area contributed by atoms with Gasteiger partial charge in [0.15, 0.2) is 5.65 Å². The standard InChI is InChI=1S/C12H10ClN5/c1-7-10-11(14-6-15-12(10)18-17-7)16-9-4-2-3-8(13)5-9/h2-6H,1H3,(H2,14,15,16,17,18). The first-order chi connectivity index (χ1) is 8.74. The predicted octanol–water partition coefficient (Wildman–Crippen LogP) is 3.06. The fourth-order valence-corrected chi connectivity index (χ4v) is 1.99. The molecular formula is C12H10ClN5. The number of benzene rings is 1. The van der Waals surface area contributed by atoms with Crippen molar-refractivity contribution in [1.29, 1.82) is 0 Å². The molecule has 0 unspecified atom stereocenters. The van der Waals surface area contributed by atoms with E-state index >= 15 is 0 Å². The van der Waals surface area contributed by atoms with Crippen LogP contribution >= 0.6 is 11.6 Å². The van der Waals surface area contributed by atoms with Gasteiger partial charge in [-0.25, -0.2) is 9.97 Å². The summed E-state index contributed by atoms with van der Waals surface area (Å²) >= 11 is 5.95. The van der Waals surface area contributed by atoms with Gasteiger partial charge in [0.05, 0.1) is 5.39 Å². The predicted molar refractivity (Wildman–Crippen MR) is 71.2 cm³/mol. The van der Waals surface area contributed by atoms with Crippen LogP contribution in [0.1, 0.15) is 5.69 Å². The Bertz CT molecular complexity index is 707. The second-order valence-corrected chi connectivity index (χ2v) is 4.34. The van der Waals surface area contributed by atoms with Crippen molar-refractivity contribution in [2.75, 3.05) is 5.32 Å². The first kappa shape index (κ1) is 11.0. The number of H-pyrrole nitrogens is 1. The van der Waals surface area contributed by atoms with Crippen LogP contribution < -0.4 is 5.32 Å². The van der Waals surface area contributed by atoms with Gasteiger partial charge in [0, 0.05) is 16.4 Å². The van der Waals surface area contributed by atoms with Crippen LogP contribution in [-0.4, -0.2) is 20.2 Å². The first-order valence-electron chi connectivity index (χ1n) is 5.42. The molecule has 0 amide bonds. The number of hydrogen-bond donors (Lipinski definition) is 2. The van der Waals surface area contributed by atoms with Crippen molar-refractivity contribution >= 4 is 34.1 Å². The molecule has 0 saturated carbocycles. The van der Waals surface area contributed by atoms with Crippen molar-refractivity contribution in [3.63, 3.8) is 0 Å². The van der Waals surface area contributed by atoms with Crippen LogP contribution in [0.3, 0.4) is 0 Å². The molecule has 18 heavy (non-hydrogen) atoms. The molecule has 3 aromatic rings. The minimum atomic E-state index is 0.645. The molecule has 0 saturated heterocycles. The van der Waals surface area contributed by atoms with Crippen LogP contribution in [0.2, 0.25) is 5.02 Å². The molecule has 2 N–H and O–H groups in total. The lowest BCUT2D eigenvalue weighted by Crippen LogP contribution is -1.95. The van der Waals surface area contributed by atoms with Gasteiger partial charge in [-0.2, -0.15) is 5.10 Å². The average Bonchev–Trinajstić information content (AvgIpc) is 2.72. The lowest BCUT2D eigenvalue weighted by atomic mass is 10.2. The van der Waals surface area contributed by atoms with Crippen molar-refractivity contribution in [2.24, 2.45) is 0 Å². The molecule has 0 spiro atoms. The molecule has 0 bridgehead atoms. The monoisotopic (exact) mass is 259 g/mol. The molecule has 1 aromatic carbocycles. The van der Waals surface area contributed by atoms with Gasteiger partial charge >= 0.3 is 0 Å². The highest BCUT2D eigenvalue weighted by molar-refractivity contribution is 6.30. The summed E-state index contributed by atoms with van der Waals surface area (Å²) in [6.45, 7) is 1.93. The van der Waals surface area contributed by atoms with E-state index in [2.05, 4.69) is 25.5 Å². The third-order valence-corrected chi connectivity index (χ3v) is 2.85. The molecule has 2 aromatic heterocycles. The lowest BCUT2D eigenvalue weighted by molar-refractivity contribution is 1.05. The lowest BCUT2D eigenvalue weighted by Gasteiger charge is -2.06. The summed E-state index contributed by atoms with van der Waals surface area (Å²) in [6.07, 6.45) is 1.48. The Balaban J connectivity index is 2.07. The summed E-state index contributed by atoms with van der Waals surface area (Å²) < 4.78 is 0. The summed E-state index contributed by atoms with van der Waals surface area (Å²) in [4.78, 5) is 8.34. The fourth-order valence-electron chi connectivity index (χ4n) is 1.80. The number of hydrogen-bond acceptors (Lipinski definition) is 4. The summed E-state index contributed by atoms with van der Waals surface area (Å²) in [5.74, 6) is 0.716. The van der Waals surface area contributed by atoms with E-state index in [1.165, 1.54) is 6.33 Å². The zero-order valence-electron chi connectivity index (χ0n) is 9.61. The van der Waals surface area contributed by atoms with Crippen LogP contribution in [0.4, 0.5) is 11.5 Å². The Morgan fingerprint density at radius 2 is 2.17 bits per heavy atom. The molecule has 0 aliphatic carbocycles. The van der Waals surface area contributed by atoms with Gasteiger partial charge in [0.2, 0.25) is 0 Å². The minimum absolute atomic E-state index is 0.645. The summed E-state index contributed by atoms with van der Waals surface area (Å²) in [6, 6.07) is 7.47. The molecular weight excluding hydrogens is 250 g/mol. The number of aromatic nitrogens is 4. The quantitative estimate of drug-likeness (QED) is 0.742. The van der Waals surface area contributed by atoms with Gasteiger partial charge < -0.3 is 5.32 Å². The summed E-state index contributed by atoms with van der Waals surface area (Å²) in [5, 5.41) is 11.8. The highest BCUT2D eigenvalue weighted by atomic mass is 35.5.